The topological polar surface area (TPSA) is 186 Å². The summed E-state index contributed by atoms with van der Waals surface area (Å²) in [5, 5.41) is 32.3. The highest BCUT2D eigenvalue weighted by Gasteiger charge is 2.28. The molecule has 5 N–H and O–H groups in total. The van der Waals surface area contributed by atoms with Crippen LogP contribution in [0.1, 0.15) is 12.8 Å². The van der Waals surface area contributed by atoms with Gasteiger partial charge in [0.15, 0.2) is 0 Å². The van der Waals surface area contributed by atoms with Gasteiger partial charge in [-0.25, -0.2) is 4.79 Å². The number of ether oxygens (including phenoxy) is 1. The fraction of sp³-hybridized carbons (Fsp3) is 0.706. The van der Waals surface area contributed by atoms with E-state index in [2.05, 4.69) is 15.4 Å². The SMILES string of the molecule is O=C(O)CNCCN(CCN(CCNC1CCC(=O)OC1=O)CC(=O)O)CC(=O)O. The van der Waals surface area contributed by atoms with Crippen LogP contribution >= 0.6 is 0 Å². The monoisotopic (exact) mass is 432 g/mol. The van der Waals surface area contributed by atoms with Crippen molar-refractivity contribution in [2.75, 3.05) is 58.9 Å². The highest BCUT2D eigenvalue weighted by molar-refractivity contribution is 5.91. The molecular weight excluding hydrogens is 404 g/mol. The van der Waals surface area contributed by atoms with E-state index >= 15 is 0 Å². The molecule has 1 heterocycles. The Bertz CT molecular complexity index is 628. The van der Waals surface area contributed by atoms with Crippen molar-refractivity contribution in [2.24, 2.45) is 0 Å². The van der Waals surface area contributed by atoms with Gasteiger partial charge in [-0.3, -0.25) is 29.0 Å². The highest BCUT2D eigenvalue weighted by atomic mass is 16.6. The maximum atomic E-state index is 11.6. The lowest BCUT2D eigenvalue weighted by atomic mass is 10.1. The third-order valence-electron chi connectivity index (χ3n) is 4.29. The minimum absolute atomic E-state index is 0.127. The van der Waals surface area contributed by atoms with Crippen LogP contribution in [0.3, 0.4) is 0 Å². The molecule has 0 saturated carbocycles. The van der Waals surface area contributed by atoms with Gasteiger partial charge in [-0.15, -0.1) is 0 Å². The first-order chi connectivity index (χ1) is 14.2. The summed E-state index contributed by atoms with van der Waals surface area (Å²) in [4.78, 5) is 58.5. The fourth-order valence-electron chi connectivity index (χ4n) is 2.83. The summed E-state index contributed by atoms with van der Waals surface area (Å²) < 4.78 is 4.55. The average Bonchev–Trinajstić information content (AvgIpc) is 2.63. The molecule has 0 amide bonds. The summed E-state index contributed by atoms with van der Waals surface area (Å²) in [6.45, 7) is 0.837. The van der Waals surface area contributed by atoms with Crippen molar-refractivity contribution in [3.8, 4) is 0 Å². The Hall–Kier alpha value is -2.61. The van der Waals surface area contributed by atoms with Crippen molar-refractivity contribution in [1.29, 1.82) is 0 Å². The number of carboxylic acids is 3. The zero-order valence-corrected chi connectivity index (χ0v) is 16.5. The lowest BCUT2D eigenvalue weighted by Crippen LogP contribution is -2.47. The third-order valence-corrected chi connectivity index (χ3v) is 4.29. The van der Waals surface area contributed by atoms with Crippen molar-refractivity contribution in [1.82, 2.24) is 20.4 Å². The largest absolute Gasteiger partial charge is 0.480 e. The van der Waals surface area contributed by atoms with Crippen LogP contribution in [0.4, 0.5) is 0 Å². The van der Waals surface area contributed by atoms with Gasteiger partial charge in [0.1, 0.15) is 6.04 Å². The third kappa shape index (κ3) is 11.4. The van der Waals surface area contributed by atoms with Gasteiger partial charge in [-0.2, -0.15) is 0 Å². The molecule has 0 bridgehead atoms. The Labute approximate surface area is 172 Å². The van der Waals surface area contributed by atoms with Crippen molar-refractivity contribution in [3.05, 3.63) is 0 Å². The molecular formula is C17H28N4O9. The van der Waals surface area contributed by atoms with Crippen LogP contribution in [0.5, 0.6) is 0 Å². The number of aliphatic carboxylic acids is 3. The van der Waals surface area contributed by atoms with Crippen molar-refractivity contribution < 1.29 is 44.0 Å². The zero-order valence-electron chi connectivity index (χ0n) is 16.5. The van der Waals surface area contributed by atoms with Crippen LogP contribution in [0.25, 0.3) is 0 Å². The van der Waals surface area contributed by atoms with E-state index in [9.17, 15) is 24.0 Å². The summed E-state index contributed by atoms with van der Waals surface area (Å²) in [5.41, 5.74) is 0. The normalized spacial score (nSPS) is 16.7. The maximum absolute atomic E-state index is 11.6. The van der Waals surface area contributed by atoms with Gasteiger partial charge < -0.3 is 30.7 Å². The molecule has 0 spiro atoms. The summed E-state index contributed by atoms with van der Waals surface area (Å²) in [5.74, 6) is -4.35. The number of esters is 2. The van der Waals surface area contributed by atoms with Crippen molar-refractivity contribution in [2.45, 2.75) is 18.9 Å². The van der Waals surface area contributed by atoms with Crippen molar-refractivity contribution in [3.63, 3.8) is 0 Å². The molecule has 0 aromatic rings. The van der Waals surface area contributed by atoms with E-state index in [1.807, 2.05) is 0 Å². The van der Waals surface area contributed by atoms with Gasteiger partial charge in [0, 0.05) is 45.7 Å². The summed E-state index contributed by atoms with van der Waals surface area (Å²) in [6, 6.07) is -0.627. The number of carbonyl (C=O) groups is 5. The van der Waals surface area contributed by atoms with E-state index in [4.69, 9.17) is 15.3 Å². The van der Waals surface area contributed by atoms with Crippen LogP contribution in [-0.2, 0) is 28.7 Å². The van der Waals surface area contributed by atoms with Crippen LogP contribution < -0.4 is 10.6 Å². The second-order valence-electron chi connectivity index (χ2n) is 6.75. The number of nitrogens with zero attached hydrogens (tertiary/aromatic N) is 2. The molecule has 0 radical (unpaired) electrons. The molecule has 1 atom stereocenters. The van der Waals surface area contributed by atoms with Gasteiger partial charge in [0.2, 0.25) is 0 Å². The molecule has 0 aromatic carbocycles. The van der Waals surface area contributed by atoms with Gasteiger partial charge in [0.05, 0.1) is 19.6 Å². The molecule has 0 aromatic heterocycles. The molecule has 13 heteroatoms. The second kappa shape index (κ2) is 13.6. The van der Waals surface area contributed by atoms with Crippen LogP contribution in [0.15, 0.2) is 0 Å². The maximum Gasteiger partial charge on any atom is 0.330 e. The van der Waals surface area contributed by atoms with E-state index in [-0.39, 0.29) is 65.3 Å². The van der Waals surface area contributed by atoms with E-state index in [0.29, 0.717) is 6.42 Å². The van der Waals surface area contributed by atoms with E-state index in [0.717, 1.165) is 0 Å². The van der Waals surface area contributed by atoms with Gasteiger partial charge in [-0.05, 0) is 6.42 Å². The van der Waals surface area contributed by atoms with Gasteiger partial charge in [-0.1, -0.05) is 0 Å². The Kier molecular flexibility index (Phi) is 11.5. The number of hydrogen-bond donors (Lipinski definition) is 5. The lowest BCUT2D eigenvalue weighted by Gasteiger charge is -2.27. The summed E-state index contributed by atoms with van der Waals surface area (Å²) >= 11 is 0. The standard InChI is InChI=1S/C17H28N4O9/c22-13(23)9-18-3-5-20(10-14(24)25)7-8-21(11-15(26)27)6-4-19-12-1-2-16(28)30-17(12)29/h12,18-19H,1-11H2,(H,22,23)(H,24,25)(H,26,27). The second-order valence-corrected chi connectivity index (χ2v) is 6.75. The molecule has 30 heavy (non-hydrogen) atoms. The quantitative estimate of drug-likeness (QED) is 0.0961. The van der Waals surface area contributed by atoms with E-state index in [1.165, 1.54) is 0 Å². The van der Waals surface area contributed by atoms with Crippen LogP contribution in [0, 0.1) is 0 Å². The van der Waals surface area contributed by atoms with E-state index in [1.54, 1.807) is 9.80 Å². The minimum Gasteiger partial charge on any atom is -0.480 e. The first-order valence-electron chi connectivity index (χ1n) is 9.46. The lowest BCUT2D eigenvalue weighted by molar-refractivity contribution is -0.165. The molecule has 0 aliphatic carbocycles. The van der Waals surface area contributed by atoms with E-state index < -0.39 is 35.9 Å². The first-order valence-corrected chi connectivity index (χ1v) is 9.46. The summed E-state index contributed by atoms with van der Waals surface area (Å²) in [6.07, 6.45) is 0.439. The molecule has 1 saturated heterocycles. The van der Waals surface area contributed by atoms with Gasteiger partial charge >= 0.3 is 29.8 Å². The fourth-order valence-corrected chi connectivity index (χ4v) is 2.83. The predicted octanol–water partition coefficient (Wildman–Crippen LogP) is -2.74. The smallest absolute Gasteiger partial charge is 0.330 e. The zero-order chi connectivity index (χ0) is 22.5. The Morgan fingerprint density at radius 1 is 0.900 bits per heavy atom. The molecule has 1 unspecified atom stereocenters. The Balaban J connectivity index is 2.47. The highest BCUT2D eigenvalue weighted by Crippen LogP contribution is 2.08. The number of carboxylic acid groups (broad SMARTS) is 3. The molecule has 1 rings (SSSR count). The Morgan fingerprint density at radius 3 is 1.97 bits per heavy atom. The number of nitrogens with one attached hydrogen (secondary N) is 2. The predicted molar refractivity (Wildman–Crippen MR) is 101 cm³/mol. The van der Waals surface area contributed by atoms with Gasteiger partial charge in [0.25, 0.3) is 0 Å². The number of cyclic esters (lactones) is 2. The number of rotatable bonds is 16. The first kappa shape index (κ1) is 25.4. The summed E-state index contributed by atoms with van der Waals surface area (Å²) in [7, 11) is 0. The molecule has 1 aliphatic heterocycles. The van der Waals surface area contributed by atoms with Crippen LogP contribution in [-0.4, -0.2) is 120 Å². The minimum atomic E-state index is -1.05. The average molecular weight is 432 g/mol. The number of hydrogen-bond acceptors (Lipinski definition) is 10. The Morgan fingerprint density at radius 2 is 1.47 bits per heavy atom. The van der Waals surface area contributed by atoms with Crippen molar-refractivity contribution >= 4 is 29.8 Å². The number of carbonyl (C=O) groups excluding carboxylic acids is 2. The molecule has 13 nitrogen and oxygen atoms in total. The molecule has 1 aliphatic rings. The van der Waals surface area contributed by atoms with Crippen LogP contribution in [0.2, 0.25) is 0 Å². The molecule has 170 valence electrons. The molecule has 1 fully saturated rings.